The SMILES string of the molecule is O=C1CSC(c2ccc(Cl)cc2)N1Cc1ccc(F)cc1F. The number of hydrogen-bond acceptors (Lipinski definition) is 2. The van der Waals surface area contributed by atoms with Gasteiger partial charge in [0.2, 0.25) is 5.91 Å². The quantitative estimate of drug-likeness (QED) is 0.826. The third kappa shape index (κ3) is 3.10. The first-order valence-corrected chi connectivity index (χ1v) is 8.08. The minimum absolute atomic E-state index is 0.0614. The Morgan fingerprint density at radius 3 is 2.59 bits per heavy atom. The molecule has 114 valence electrons. The van der Waals surface area contributed by atoms with Crippen LogP contribution in [-0.4, -0.2) is 16.6 Å². The van der Waals surface area contributed by atoms with Gasteiger partial charge in [-0.1, -0.05) is 29.8 Å². The van der Waals surface area contributed by atoms with Gasteiger partial charge in [-0.05, 0) is 23.8 Å². The van der Waals surface area contributed by atoms with E-state index in [1.165, 1.54) is 23.9 Å². The van der Waals surface area contributed by atoms with Crippen LogP contribution in [0.15, 0.2) is 42.5 Å². The highest BCUT2D eigenvalue weighted by Crippen LogP contribution is 2.40. The first kappa shape index (κ1) is 15.3. The summed E-state index contributed by atoms with van der Waals surface area (Å²) in [7, 11) is 0. The Kier molecular flexibility index (Phi) is 4.36. The third-order valence-corrected chi connectivity index (χ3v) is 4.99. The average molecular weight is 340 g/mol. The zero-order valence-electron chi connectivity index (χ0n) is 11.4. The lowest BCUT2D eigenvalue weighted by Gasteiger charge is -2.24. The van der Waals surface area contributed by atoms with Gasteiger partial charge in [-0.3, -0.25) is 4.79 Å². The van der Waals surface area contributed by atoms with Gasteiger partial charge in [0, 0.05) is 23.2 Å². The minimum atomic E-state index is -0.639. The van der Waals surface area contributed by atoms with Crippen LogP contribution in [0.25, 0.3) is 0 Å². The highest BCUT2D eigenvalue weighted by Gasteiger charge is 2.33. The van der Waals surface area contributed by atoms with E-state index in [9.17, 15) is 13.6 Å². The number of carbonyl (C=O) groups excluding carboxylic acids is 1. The molecule has 2 aromatic rings. The van der Waals surface area contributed by atoms with Gasteiger partial charge in [0.15, 0.2) is 0 Å². The standard InChI is InChI=1S/C16H12ClF2NOS/c17-12-4-1-10(2-5-12)16-20(15(21)9-22-16)8-11-3-6-13(18)7-14(11)19/h1-7,16H,8-9H2. The monoisotopic (exact) mass is 339 g/mol. The van der Waals surface area contributed by atoms with E-state index in [2.05, 4.69) is 0 Å². The van der Waals surface area contributed by atoms with Gasteiger partial charge in [-0.15, -0.1) is 11.8 Å². The van der Waals surface area contributed by atoms with Crippen molar-refractivity contribution in [3.05, 3.63) is 70.2 Å². The fourth-order valence-electron chi connectivity index (χ4n) is 2.36. The fourth-order valence-corrected chi connectivity index (χ4v) is 3.68. The largest absolute Gasteiger partial charge is 0.321 e. The van der Waals surface area contributed by atoms with Gasteiger partial charge >= 0.3 is 0 Å². The van der Waals surface area contributed by atoms with Crippen molar-refractivity contribution in [3.8, 4) is 0 Å². The van der Waals surface area contributed by atoms with Crippen molar-refractivity contribution in [2.75, 3.05) is 5.75 Å². The van der Waals surface area contributed by atoms with Gasteiger partial charge in [-0.2, -0.15) is 0 Å². The predicted molar refractivity (Wildman–Crippen MR) is 83.6 cm³/mol. The molecular formula is C16H12ClF2NOS. The van der Waals surface area contributed by atoms with Crippen molar-refractivity contribution in [2.45, 2.75) is 11.9 Å². The molecule has 0 N–H and O–H groups in total. The highest BCUT2D eigenvalue weighted by atomic mass is 35.5. The van der Waals surface area contributed by atoms with E-state index in [1.54, 1.807) is 17.0 Å². The molecule has 1 fully saturated rings. The van der Waals surface area contributed by atoms with Gasteiger partial charge < -0.3 is 4.90 Å². The summed E-state index contributed by atoms with van der Waals surface area (Å²) in [6.07, 6.45) is 0. The molecule has 1 aliphatic rings. The molecule has 3 rings (SSSR count). The van der Waals surface area contributed by atoms with Crippen LogP contribution in [0.3, 0.4) is 0 Å². The number of carbonyl (C=O) groups is 1. The summed E-state index contributed by atoms with van der Waals surface area (Å²) in [6.45, 7) is 0.116. The first-order chi connectivity index (χ1) is 10.5. The maximum absolute atomic E-state index is 13.8. The van der Waals surface area contributed by atoms with Crippen LogP contribution in [0.5, 0.6) is 0 Å². The van der Waals surface area contributed by atoms with E-state index in [4.69, 9.17) is 11.6 Å². The third-order valence-electron chi connectivity index (χ3n) is 3.48. The average Bonchev–Trinajstić information content (AvgIpc) is 2.84. The number of hydrogen-bond donors (Lipinski definition) is 0. The van der Waals surface area contributed by atoms with E-state index in [1.807, 2.05) is 12.1 Å². The molecule has 1 aliphatic heterocycles. The number of nitrogens with zero attached hydrogens (tertiary/aromatic N) is 1. The molecule has 0 aliphatic carbocycles. The van der Waals surface area contributed by atoms with E-state index < -0.39 is 11.6 Å². The van der Waals surface area contributed by atoms with Crippen LogP contribution < -0.4 is 0 Å². The maximum atomic E-state index is 13.8. The molecule has 1 atom stereocenters. The molecule has 0 saturated carbocycles. The Hall–Kier alpha value is -1.59. The molecule has 6 heteroatoms. The van der Waals surface area contributed by atoms with E-state index >= 15 is 0 Å². The smallest absolute Gasteiger partial charge is 0.234 e. The van der Waals surface area contributed by atoms with E-state index in [0.717, 1.165) is 11.6 Å². The molecule has 2 nitrogen and oxygen atoms in total. The van der Waals surface area contributed by atoms with Gasteiger partial charge in [-0.25, -0.2) is 8.78 Å². The van der Waals surface area contributed by atoms with Crippen LogP contribution in [0.2, 0.25) is 5.02 Å². The Labute approximate surface area is 136 Å². The molecular weight excluding hydrogens is 328 g/mol. The van der Waals surface area contributed by atoms with Gasteiger partial charge in [0.25, 0.3) is 0 Å². The number of benzene rings is 2. The summed E-state index contributed by atoms with van der Waals surface area (Å²) >= 11 is 7.36. The van der Waals surface area contributed by atoms with Crippen molar-refractivity contribution in [2.24, 2.45) is 0 Å². The molecule has 1 amide bonds. The minimum Gasteiger partial charge on any atom is -0.321 e. The summed E-state index contributed by atoms with van der Waals surface area (Å²) < 4.78 is 26.8. The second-order valence-corrected chi connectivity index (χ2v) is 6.48. The highest BCUT2D eigenvalue weighted by molar-refractivity contribution is 8.00. The Bertz CT molecular complexity index is 708. The summed E-state index contributed by atoms with van der Waals surface area (Å²) in [5.74, 6) is -0.985. The maximum Gasteiger partial charge on any atom is 0.234 e. The zero-order chi connectivity index (χ0) is 15.7. The summed E-state index contributed by atoms with van der Waals surface area (Å²) in [4.78, 5) is 13.7. The van der Waals surface area contributed by atoms with Crippen LogP contribution in [0, 0.1) is 11.6 Å². The molecule has 0 radical (unpaired) electrons. The lowest BCUT2D eigenvalue weighted by atomic mass is 10.1. The summed E-state index contributed by atoms with van der Waals surface area (Å²) in [5, 5.41) is 0.434. The summed E-state index contributed by atoms with van der Waals surface area (Å²) in [6, 6.07) is 10.6. The van der Waals surface area contributed by atoms with Crippen LogP contribution in [-0.2, 0) is 11.3 Å². The molecule has 22 heavy (non-hydrogen) atoms. The van der Waals surface area contributed by atoms with Crippen LogP contribution in [0.1, 0.15) is 16.5 Å². The van der Waals surface area contributed by atoms with Crippen molar-refractivity contribution in [1.29, 1.82) is 0 Å². The zero-order valence-corrected chi connectivity index (χ0v) is 13.0. The Morgan fingerprint density at radius 1 is 1.18 bits per heavy atom. The number of amides is 1. The van der Waals surface area contributed by atoms with E-state index in [0.29, 0.717) is 16.3 Å². The predicted octanol–water partition coefficient (Wildman–Crippen LogP) is 4.39. The first-order valence-electron chi connectivity index (χ1n) is 6.65. The molecule has 1 unspecified atom stereocenters. The fraction of sp³-hybridized carbons (Fsp3) is 0.188. The Balaban J connectivity index is 1.86. The number of halogens is 3. The van der Waals surface area contributed by atoms with Crippen molar-refractivity contribution < 1.29 is 13.6 Å². The molecule has 0 spiro atoms. The molecule has 1 saturated heterocycles. The topological polar surface area (TPSA) is 20.3 Å². The molecule has 0 aromatic heterocycles. The van der Waals surface area contributed by atoms with Crippen LogP contribution >= 0.6 is 23.4 Å². The van der Waals surface area contributed by atoms with Crippen molar-refractivity contribution in [1.82, 2.24) is 4.90 Å². The van der Waals surface area contributed by atoms with Gasteiger partial charge in [0.1, 0.15) is 17.0 Å². The van der Waals surface area contributed by atoms with Crippen molar-refractivity contribution in [3.63, 3.8) is 0 Å². The number of thioether (sulfide) groups is 1. The molecule has 0 bridgehead atoms. The lowest BCUT2D eigenvalue weighted by Crippen LogP contribution is -2.28. The number of rotatable bonds is 3. The van der Waals surface area contributed by atoms with Crippen molar-refractivity contribution >= 4 is 29.3 Å². The molecule has 1 heterocycles. The van der Waals surface area contributed by atoms with Crippen LogP contribution in [0.4, 0.5) is 8.78 Å². The van der Waals surface area contributed by atoms with Gasteiger partial charge in [0.05, 0.1) is 5.75 Å². The molecule has 2 aromatic carbocycles. The van der Waals surface area contributed by atoms with E-state index in [-0.39, 0.29) is 17.8 Å². The second kappa shape index (κ2) is 6.26. The Morgan fingerprint density at radius 2 is 1.91 bits per heavy atom. The lowest BCUT2D eigenvalue weighted by molar-refractivity contribution is -0.128. The second-order valence-electron chi connectivity index (χ2n) is 4.97. The summed E-state index contributed by atoms with van der Waals surface area (Å²) in [5.41, 5.74) is 1.24. The normalized spacial score (nSPS) is 18.0.